The van der Waals surface area contributed by atoms with Crippen LogP contribution in [0.5, 0.6) is 5.75 Å². The van der Waals surface area contributed by atoms with Crippen LogP contribution in [0.1, 0.15) is 36.6 Å². The third-order valence-corrected chi connectivity index (χ3v) is 4.81. The first kappa shape index (κ1) is 18.3. The topological polar surface area (TPSA) is 48.1 Å². The molecule has 1 unspecified atom stereocenters. The molecule has 0 bridgehead atoms. The number of nitrogen functional groups attached to an aromatic ring is 1. The van der Waals surface area contributed by atoms with Gasteiger partial charge in [0.1, 0.15) is 6.10 Å². The van der Waals surface area contributed by atoms with Gasteiger partial charge in [-0.3, -0.25) is 0 Å². The van der Waals surface area contributed by atoms with Gasteiger partial charge >= 0.3 is 0 Å². The third-order valence-electron chi connectivity index (χ3n) is 4.47. The lowest BCUT2D eigenvalue weighted by Crippen LogP contribution is -2.07. The van der Waals surface area contributed by atoms with Crippen molar-refractivity contribution in [1.29, 1.82) is 0 Å². The van der Waals surface area contributed by atoms with Gasteiger partial charge in [-0.1, -0.05) is 60.5 Å². The molecule has 0 aliphatic carbocycles. The second-order valence-electron chi connectivity index (χ2n) is 6.44. The van der Waals surface area contributed by atoms with Gasteiger partial charge in [0.25, 0.3) is 0 Å². The number of ether oxygens (including phenoxy) is 1. The van der Waals surface area contributed by atoms with E-state index >= 15 is 0 Å². The largest absolute Gasteiger partial charge is 0.482 e. The monoisotopic (exact) mass is 366 g/mol. The fourth-order valence-electron chi connectivity index (χ4n) is 2.87. The van der Waals surface area contributed by atoms with Crippen molar-refractivity contribution in [2.75, 3.05) is 5.73 Å². The molecule has 0 aliphatic rings. The molecular weight excluding hydrogens is 344 g/mol. The molecule has 26 heavy (non-hydrogen) atoms. The number of aryl methyl sites for hydroxylation is 2. The number of rotatable bonds is 5. The van der Waals surface area contributed by atoms with Crippen LogP contribution in [0.3, 0.4) is 0 Å². The number of nitrogens with zero attached hydrogens (tertiary/aromatic N) is 1. The average Bonchev–Trinajstić information content (AvgIpc) is 2.65. The molecular formula is C22H23ClN2O. The van der Waals surface area contributed by atoms with Gasteiger partial charge < -0.3 is 10.5 Å². The molecule has 3 rings (SSSR count). The zero-order valence-electron chi connectivity index (χ0n) is 15.3. The number of hydrogen-bond donors (Lipinski definition) is 1. The Labute approximate surface area is 159 Å². The van der Waals surface area contributed by atoms with Crippen LogP contribution in [0.25, 0.3) is 11.1 Å². The van der Waals surface area contributed by atoms with Crippen LogP contribution < -0.4 is 10.5 Å². The smallest absolute Gasteiger partial charge is 0.166 e. The van der Waals surface area contributed by atoms with E-state index in [0.29, 0.717) is 16.6 Å². The summed E-state index contributed by atoms with van der Waals surface area (Å²) in [7, 11) is 0. The van der Waals surface area contributed by atoms with Gasteiger partial charge in [-0.15, -0.1) is 0 Å². The summed E-state index contributed by atoms with van der Waals surface area (Å²) in [5, 5.41) is 0.681. The minimum Gasteiger partial charge on any atom is -0.482 e. The van der Waals surface area contributed by atoms with E-state index in [1.54, 1.807) is 6.20 Å². The van der Waals surface area contributed by atoms with E-state index in [9.17, 15) is 0 Å². The Balaban J connectivity index is 1.88. The molecule has 0 saturated carbocycles. The molecule has 4 heteroatoms. The molecule has 3 aromatic rings. The van der Waals surface area contributed by atoms with Gasteiger partial charge in [-0.2, -0.15) is 0 Å². The lowest BCUT2D eigenvalue weighted by molar-refractivity contribution is 0.228. The van der Waals surface area contributed by atoms with E-state index in [1.807, 2.05) is 38.1 Å². The summed E-state index contributed by atoms with van der Waals surface area (Å²) in [4.78, 5) is 4.30. The molecule has 0 spiro atoms. The van der Waals surface area contributed by atoms with Crippen LogP contribution in [0, 0.1) is 6.92 Å². The zero-order chi connectivity index (χ0) is 18.7. The van der Waals surface area contributed by atoms with Crippen molar-refractivity contribution in [3.05, 3.63) is 76.4 Å². The summed E-state index contributed by atoms with van der Waals surface area (Å²) in [5.74, 6) is 0.932. The summed E-state index contributed by atoms with van der Waals surface area (Å²) in [6.07, 6.45) is 2.56. The highest BCUT2D eigenvalue weighted by atomic mass is 35.5. The van der Waals surface area contributed by atoms with Crippen molar-refractivity contribution in [1.82, 2.24) is 4.98 Å². The Kier molecular flexibility index (Phi) is 5.48. The molecule has 0 saturated heterocycles. The summed E-state index contributed by atoms with van der Waals surface area (Å²) in [6, 6.07) is 16.3. The molecule has 1 aromatic heterocycles. The Hall–Kier alpha value is -2.52. The van der Waals surface area contributed by atoms with E-state index in [0.717, 1.165) is 28.7 Å². The Morgan fingerprint density at radius 2 is 1.81 bits per heavy atom. The number of benzene rings is 2. The Morgan fingerprint density at radius 1 is 1.08 bits per heavy atom. The van der Waals surface area contributed by atoms with Gasteiger partial charge in [0.15, 0.2) is 11.6 Å². The quantitative estimate of drug-likeness (QED) is 0.602. The van der Waals surface area contributed by atoms with Crippen molar-refractivity contribution < 1.29 is 4.74 Å². The minimum atomic E-state index is -0.232. The molecule has 1 heterocycles. The summed E-state index contributed by atoms with van der Waals surface area (Å²) < 4.78 is 6.10. The van der Waals surface area contributed by atoms with Crippen LogP contribution in [0.15, 0.2) is 54.7 Å². The van der Waals surface area contributed by atoms with E-state index in [-0.39, 0.29) is 6.10 Å². The van der Waals surface area contributed by atoms with E-state index < -0.39 is 0 Å². The maximum Gasteiger partial charge on any atom is 0.166 e. The van der Waals surface area contributed by atoms with E-state index in [4.69, 9.17) is 22.1 Å². The molecule has 134 valence electrons. The molecule has 3 nitrogen and oxygen atoms in total. The normalized spacial score (nSPS) is 12.0. The summed E-state index contributed by atoms with van der Waals surface area (Å²) in [6.45, 7) is 6.13. The molecule has 2 aromatic carbocycles. The van der Waals surface area contributed by atoms with Crippen molar-refractivity contribution in [2.45, 2.75) is 33.3 Å². The van der Waals surface area contributed by atoms with Gasteiger partial charge in [0, 0.05) is 22.3 Å². The standard InChI is InChI=1S/C22H23ClN2O/c1-4-16-6-8-17(9-7-16)18-12-21(22(24)25-13-18)26-15(3)19-11-14(2)5-10-20(19)23/h5-13,15H,4H2,1-3H3,(H2,24,25). The van der Waals surface area contributed by atoms with Crippen LogP contribution in [-0.2, 0) is 6.42 Å². The Bertz CT molecular complexity index is 907. The molecule has 0 amide bonds. The maximum absolute atomic E-state index is 6.33. The first-order valence-electron chi connectivity index (χ1n) is 8.75. The summed E-state index contributed by atoms with van der Waals surface area (Å²) >= 11 is 6.33. The fraction of sp³-hybridized carbons (Fsp3) is 0.227. The molecule has 0 aliphatic heterocycles. The van der Waals surface area contributed by atoms with Crippen LogP contribution in [-0.4, -0.2) is 4.98 Å². The van der Waals surface area contributed by atoms with E-state index in [2.05, 4.69) is 36.2 Å². The first-order valence-corrected chi connectivity index (χ1v) is 9.13. The highest BCUT2D eigenvalue weighted by Gasteiger charge is 2.14. The fourth-order valence-corrected chi connectivity index (χ4v) is 3.14. The molecule has 2 N–H and O–H groups in total. The second kappa shape index (κ2) is 7.79. The van der Waals surface area contributed by atoms with Crippen molar-refractivity contribution in [3.63, 3.8) is 0 Å². The van der Waals surface area contributed by atoms with Gasteiger partial charge in [0.2, 0.25) is 0 Å². The third kappa shape index (κ3) is 4.00. The molecule has 0 fully saturated rings. The van der Waals surface area contributed by atoms with E-state index in [1.165, 1.54) is 5.56 Å². The van der Waals surface area contributed by atoms with Crippen molar-refractivity contribution >= 4 is 17.4 Å². The lowest BCUT2D eigenvalue weighted by Gasteiger charge is -2.18. The van der Waals surface area contributed by atoms with Gasteiger partial charge in [0.05, 0.1) is 0 Å². The molecule has 1 atom stereocenters. The molecule has 0 radical (unpaired) electrons. The average molecular weight is 367 g/mol. The van der Waals surface area contributed by atoms with Gasteiger partial charge in [-0.25, -0.2) is 4.98 Å². The summed E-state index contributed by atoms with van der Waals surface area (Å²) in [5.41, 5.74) is 11.5. The minimum absolute atomic E-state index is 0.232. The number of pyridine rings is 1. The number of aromatic nitrogens is 1. The van der Waals surface area contributed by atoms with Crippen LogP contribution >= 0.6 is 11.6 Å². The second-order valence-corrected chi connectivity index (χ2v) is 6.85. The van der Waals surface area contributed by atoms with Crippen molar-refractivity contribution in [3.8, 4) is 16.9 Å². The Morgan fingerprint density at radius 3 is 2.50 bits per heavy atom. The first-order chi connectivity index (χ1) is 12.5. The number of hydrogen-bond acceptors (Lipinski definition) is 3. The number of halogens is 1. The van der Waals surface area contributed by atoms with Crippen molar-refractivity contribution in [2.24, 2.45) is 0 Å². The van der Waals surface area contributed by atoms with Gasteiger partial charge in [-0.05, 0) is 43.5 Å². The number of nitrogens with two attached hydrogens (primary N) is 1. The predicted molar refractivity (Wildman–Crippen MR) is 109 cm³/mol. The predicted octanol–water partition coefficient (Wildman–Crippen LogP) is 6.00. The highest BCUT2D eigenvalue weighted by Crippen LogP contribution is 2.33. The van der Waals surface area contributed by atoms with Crippen LogP contribution in [0.2, 0.25) is 5.02 Å². The SMILES string of the molecule is CCc1ccc(-c2cnc(N)c(OC(C)c3cc(C)ccc3Cl)c2)cc1. The maximum atomic E-state index is 6.33. The number of anilines is 1. The highest BCUT2D eigenvalue weighted by molar-refractivity contribution is 6.31. The lowest BCUT2D eigenvalue weighted by atomic mass is 10.0. The zero-order valence-corrected chi connectivity index (χ0v) is 16.0. The van der Waals surface area contributed by atoms with Crippen LogP contribution in [0.4, 0.5) is 5.82 Å².